The van der Waals surface area contributed by atoms with Crippen molar-refractivity contribution < 1.29 is 19.1 Å². The maximum absolute atomic E-state index is 12.1. The normalized spacial score (nSPS) is 16.0. The van der Waals surface area contributed by atoms with Crippen LogP contribution in [0.1, 0.15) is 57.8 Å². The third kappa shape index (κ3) is 3.96. The number of carbonyl (C=O) groups is 3. The Morgan fingerprint density at radius 3 is 2.84 bits per heavy atom. The van der Waals surface area contributed by atoms with Crippen LogP contribution in [0, 0.1) is 0 Å². The molecule has 3 rings (SSSR count). The fraction of sp³-hybridized carbons (Fsp3) is 0.316. The second-order valence-corrected chi connectivity index (χ2v) is 6.15. The predicted molar refractivity (Wildman–Crippen MR) is 91.3 cm³/mol. The SMILES string of the molecule is CC(=O)c1c[nH]c(C(=O)OCC(=O)N[C@H]2CCCc3ccccc32)c1. The van der Waals surface area contributed by atoms with Crippen LogP contribution in [-0.2, 0) is 16.0 Å². The molecule has 0 saturated heterocycles. The van der Waals surface area contributed by atoms with Gasteiger partial charge < -0.3 is 15.0 Å². The maximum Gasteiger partial charge on any atom is 0.355 e. The van der Waals surface area contributed by atoms with Crippen molar-refractivity contribution in [3.05, 3.63) is 58.9 Å². The van der Waals surface area contributed by atoms with Crippen molar-refractivity contribution in [2.24, 2.45) is 0 Å². The fourth-order valence-electron chi connectivity index (χ4n) is 3.06. The molecule has 1 aliphatic carbocycles. The van der Waals surface area contributed by atoms with Crippen molar-refractivity contribution in [2.75, 3.05) is 6.61 Å². The number of ether oxygens (including phenoxy) is 1. The van der Waals surface area contributed by atoms with E-state index < -0.39 is 5.97 Å². The van der Waals surface area contributed by atoms with E-state index in [0.29, 0.717) is 5.56 Å². The molecule has 1 aromatic heterocycles. The van der Waals surface area contributed by atoms with Crippen LogP contribution < -0.4 is 5.32 Å². The monoisotopic (exact) mass is 340 g/mol. The summed E-state index contributed by atoms with van der Waals surface area (Å²) in [4.78, 5) is 38.0. The van der Waals surface area contributed by atoms with Gasteiger partial charge in [0.1, 0.15) is 5.69 Å². The Balaban J connectivity index is 1.55. The number of aryl methyl sites for hydroxylation is 1. The molecule has 2 aromatic rings. The third-order valence-electron chi connectivity index (χ3n) is 4.35. The van der Waals surface area contributed by atoms with E-state index in [1.54, 1.807) is 0 Å². The molecule has 6 heteroatoms. The van der Waals surface area contributed by atoms with Crippen molar-refractivity contribution in [1.82, 2.24) is 10.3 Å². The lowest BCUT2D eigenvalue weighted by Crippen LogP contribution is -2.34. The van der Waals surface area contributed by atoms with E-state index in [9.17, 15) is 14.4 Å². The van der Waals surface area contributed by atoms with E-state index in [-0.39, 0.29) is 30.0 Å². The predicted octanol–water partition coefficient (Wildman–Crippen LogP) is 2.57. The van der Waals surface area contributed by atoms with E-state index in [1.807, 2.05) is 18.2 Å². The number of nitrogens with one attached hydrogen (secondary N) is 2. The Morgan fingerprint density at radius 1 is 1.28 bits per heavy atom. The highest BCUT2D eigenvalue weighted by Crippen LogP contribution is 2.29. The van der Waals surface area contributed by atoms with E-state index in [0.717, 1.165) is 24.8 Å². The average molecular weight is 340 g/mol. The number of H-pyrrole nitrogens is 1. The zero-order chi connectivity index (χ0) is 17.8. The molecule has 0 bridgehead atoms. The summed E-state index contributed by atoms with van der Waals surface area (Å²) in [5.74, 6) is -1.15. The Bertz CT molecular complexity index is 809. The second-order valence-electron chi connectivity index (χ2n) is 6.15. The Hall–Kier alpha value is -2.89. The van der Waals surface area contributed by atoms with Gasteiger partial charge in [-0.05, 0) is 43.4 Å². The first-order chi connectivity index (χ1) is 12.0. The Kier molecular flexibility index (Phi) is 4.97. The maximum atomic E-state index is 12.1. The summed E-state index contributed by atoms with van der Waals surface area (Å²) in [6, 6.07) is 9.42. The zero-order valence-electron chi connectivity index (χ0n) is 14.0. The summed E-state index contributed by atoms with van der Waals surface area (Å²) in [7, 11) is 0. The molecule has 6 nitrogen and oxygen atoms in total. The van der Waals surface area contributed by atoms with Gasteiger partial charge in [-0.15, -0.1) is 0 Å². The van der Waals surface area contributed by atoms with Crippen molar-refractivity contribution in [2.45, 2.75) is 32.2 Å². The van der Waals surface area contributed by atoms with Crippen LogP contribution >= 0.6 is 0 Å². The number of aromatic nitrogens is 1. The summed E-state index contributed by atoms with van der Waals surface area (Å²) >= 11 is 0. The number of rotatable bonds is 5. The molecule has 0 unspecified atom stereocenters. The molecule has 1 atom stereocenters. The smallest absolute Gasteiger partial charge is 0.355 e. The van der Waals surface area contributed by atoms with Gasteiger partial charge in [-0.1, -0.05) is 24.3 Å². The molecular formula is C19H20N2O4. The first kappa shape index (κ1) is 17.0. The molecule has 25 heavy (non-hydrogen) atoms. The number of aromatic amines is 1. The molecule has 0 radical (unpaired) electrons. The molecule has 130 valence electrons. The number of hydrogen-bond donors (Lipinski definition) is 2. The molecule has 1 amide bonds. The molecule has 1 heterocycles. The standard InChI is InChI=1S/C19H20N2O4/c1-12(22)14-9-17(20-10-14)19(24)25-11-18(23)21-16-8-4-6-13-5-2-3-7-15(13)16/h2-3,5,7,9-10,16,20H,4,6,8,11H2,1H3,(H,21,23)/t16-/m0/s1. The number of carbonyl (C=O) groups excluding carboxylic acids is 3. The molecule has 0 saturated carbocycles. The van der Waals surface area contributed by atoms with Gasteiger partial charge in [0.25, 0.3) is 5.91 Å². The quantitative estimate of drug-likeness (QED) is 0.647. The molecule has 1 aliphatic rings. The third-order valence-corrected chi connectivity index (χ3v) is 4.35. The minimum Gasteiger partial charge on any atom is -0.451 e. The van der Waals surface area contributed by atoms with Crippen molar-refractivity contribution in [3.63, 3.8) is 0 Å². The second kappa shape index (κ2) is 7.34. The number of amides is 1. The summed E-state index contributed by atoms with van der Waals surface area (Å²) in [6.45, 7) is 1.06. The first-order valence-corrected chi connectivity index (χ1v) is 8.28. The summed E-state index contributed by atoms with van der Waals surface area (Å²) in [6.07, 6.45) is 4.34. The Morgan fingerprint density at radius 2 is 2.08 bits per heavy atom. The number of esters is 1. The molecule has 2 N–H and O–H groups in total. The molecular weight excluding hydrogens is 320 g/mol. The summed E-state index contributed by atoms with van der Waals surface area (Å²) < 4.78 is 5.02. The molecule has 0 fully saturated rings. The number of fused-ring (bicyclic) bond motifs is 1. The lowest BCUT2D eigenvalue weighted by molar-refractivity contribution is -0.125. The number of hydrogen-bond acceptors (Lipinski definition) is 4. The fourth-order valence-corrected chi connectivity index (χ4v) is 3.06. The van der Waals surface area contributed by atoms with Gasteiger partial charge in [0.15, 0.2) is 12.4 Å². The van der Waals surface area contributed by atoms with Crippen LogP contribution in [-0.4, -0.2) is 29.3 Å². The van der Waals surface area contributed by atoms with Crippen molar-refractivity contribution >= 4 is 17.7 Å². The van der Waals surface area contributed by atoms with Crippen LogP contribution in [0.25, 0.3) is 0 Å². The van der Waals surface area contributed by atoms with Crippen LogP contribution in [0.4, 0.5) is 0 Å². The van der Waals surface area contributed by atoms with Gasteiger partial charge in [0.05, 0.1) is 6.04 Å². The van der Waals surface area contributed by atoms with Crippen molar-refractivity contribution in [1.29, 1.82) is 0 Å². The van der Waals surface area contributed by atoms with Crippen LogP contribution in [0.3, 0.4) is 0 Å². The van der Waals surface area contributed by atoms with Gasteiger partial charge in [-0.2, -0.15) is 0 Å². The van der Waals surface area contributed by atoms with E-state index in [1.165, 1.54) is 24.8 Å². The average Bonchev–Trinajstić information content (AvgIpc) is 3.10. The van der Waals surface area contributed by atoms with Crippen LogP contribution in [0.15, 0.2) is 36.5 Å². The van der Waals surface area contributed by atoms with E-state index in [2.05, 4.69) is 16.4 Å². The number of Topliss-reactive ketones (excluding diaryl/α,β-unsaturated/α-hetero) is 1. The molecule has 0 spiro atoms. The van der Waals surface area contributed by atoms with Crippen LogP contribution in [0.5, 0.6) is 0 Å². The minimum absolute atomic E-state index is 0.0500. The molecule has 0 aliphatic heterocycles. The number of benzene rings is 1. The molecule has 1 aromatic carbocycles. The topological polar surface area (TPSA) is 88.3 Å². The lowest BCUT2D eigenvalue weighted by Gasteiger charge is -2.26. The highest BCUT2D eigenvalue weighted by molar-refractivity contribution is 5.97. The van der Waals surface area contributed by atoms with Crippen LogP contribution in [0.2, 0.25) is 0 Å². The van der Waals surface area contributed by atoms with Gasteiger partial charge in [-0.25, -0.2) is 4.79 Å². The minimum atomic E-state index is -0.660. The summed E-state index contributed by atoms with van der Waals surface area (Å²) in [5.41, 5.74) is 2.93. The lowest BCUT2D eigenvalue weighted by atomic mass is 9.88. The summed E-state index contributed by atoms with van der Waals surface area (Å²) in [5, 5.41) is 2.92. The van der Waals surface area contributed by atoms with Gasteiger partial charge in [-0.3, -0.25) is 9.59 Å². The highest BCUT2D eigenvalue weighted by Gasteiger charge is 2.22. The van der Waals surface area contributed by atoms with Crippen molar-refractivity contribution in [3.8, 4) is 0 Å². The largest absolute Gasteiger partial charge is 0.451 e. The van der Waals surface area contributed by atoms with E-state index >= 15 is 0 Å². The van der Waals surface area contributed by atoms with E-state index in [4.69, 9.17) is 4.74 Å². The zero-order valence-corrected chi connectivity index (χ0v) is 14.0. The van der Waals surface area contributed by atoms with Gasteiger partial charge in [0, 0.05) is 11.8 Å². The number of ketones is 1. The first-order valence-electron chi connectivity index (χ1n) is 8.28. The van der Waals surface area contributed by atoms with Gasteiger partial charge >= 0.3 is 5.97 Å². The highest BCUT2D eigenvalue weighted by atomic mass is 16.5. The Labute approximate surface area is 145 Å². The van der Waals surface area contributed by atoms with Gasteiger partial charge in [0.2, 0.25) is 0 Å².